The first-order valence-electron chi connectivity index (χ1n) is 6.37. The molecule has 1 atom stereocenters. The standard InChI is InChI=1S/C14H22N2O3/c1-9(2)12(6-7-15)16-14(18)11-5-4-10(19-3)8-13(11)17/h4-5,8-9,12,17H,6-7,15H2,1-3H3,(H,16,18). The number of nitrogens with one attached hydrogen (secondary N) is 1. The van der Waals surface area contributed by atoms with Gasteiger partial charge in [0.2, 0.25) is 0 Å². The van der Waals surface area contributed by atoms with Gasteiger partial charge < -0.3 is 20.9 Å². The third kappa shape index (κ3) is 4.13. The molecule has 1 aromatic rings. The Morgan fingerprint density at radius 1 is 1.47 bits per heavy atom. The summed E-state index contributed by atoms with van der Waals surface area (Å²) >= 11 is 0. The summed E-state index contributed by atoms with van der Waals surface area (Å²) in [6.07, 6.45) is 0.709. The van der Waals surface area contributed by atoms with E-state index in [1.165, 1.54) is 13.2 Å². The summed E-state index contributed by atoms with van der Waals surface area (Å²) in [5, 5.41) is 12.7. The van der Waals surface area contributed by atoms with E-state index >= 15 is 0 Å². The number of benzene rings is 1. The Morgan fingerprint density at radius 3 is 2.63 bits per heavy atom. The zero-order valence-corrected chi connectivity index (χ0v) is 11.6. The average molecular weight is 266 g/mol. The SMILES string of the molecule is COc1ccc(C(=O)NC(CCN)C(C)C)c(O)c1. The molecule has 1 unspecified atom stereocenters. The third-order valence-electron chi connectivity index (χ3n) is 3.05. The molecule has 1 amide bonds. The lowest BCUT2D eigenvalue weighted by Gasteiger charge is -2.22. The molecule has 0 aliphatic heterocycles. The van der Waals surface area contributed by atoms with Crippen LogP contribution in [0.25, 0.3) is 0 Å². The van der Waals surface area contributed by atoms with E-state index < -0.39 is 0 Å². The van der Waals surface area contributed by atoms with Crippen molar-refractivity contribution < 1.29 is 14.6 Å². The molecule has 0 heterocycles. The summed E-state index contributed by atoms with van der Waals surface area (Å²) in [5.74, 6) is 0.406. The highest BCUT2D eigenvalue weighted by molar-refractivity contribution is 5.97. The molecule has 0 saturated heterocycles. The molecule has 0 spiro atoms. The highest BCUT2D eigenvalue weighted by atomic mass is 16.5. The third-order valence-corrected chi connectivity index (χ3v) is 3.05. The number of hydrogen-bond donors (Lipinski definition) is 3. The zero-order chi connectivity index (χ0) is 14.4. The number of nitrogens with two attached hydrogens (primary N) is 1. The Labute approximate surface area is 113 Å². The highest BCUT2D eigenvalue weighted by Crippen LogP contribution is 2.23. The molecule has 0 bridgehead atoms. The summed E-state index contributed by atoms with van der Waals surface area (Å²) in [7, 11) is 1.50. The summed E-state index contributed by atoms with van der Waals surface area (Å²) in [6.45, 7) is 4.56. The van der Waals surface area contributed by atoms with E-state index in [0.29, 0.717) is 18.7 Å². The van der Waals surface area contributed by atoms with E-state index in [1.54, 1.807) is 12.1 Å². The van der Waals surface area contributed by atoms with Crippen molar-refractivity contribution in [1.82, 2.24) is 5.32 Å². The quantitative estimate of drug-likeness (QED) is 0.728. The van der Waals surface area contributed by atoms with Crippen LogP contribution in [0.1, 0.15) is 30.6 Å². The number of methoxy groups -OCH3 is 1. The van der Waals surface area contributed by atoms with Gasteiger partial charge in [0, 0.05) is 12.1 Å². The molecule has 0 aliphatic carbocycles. The van der Waals surface area contributed by atoms with Gasteiger partial charge in [-0.1, -0.05) is 13.8 Å². The second-order valence-corrected chi connectivity index (χ2v) is 4.78. The molecule has 5 nitrogen and oxygen atoms in total. The molecule has 5 heteroatoms. The van der Waals surface area contributed by atoms with Gasteiger partial charge in [0.1, 0.15) is 11.5 Å². The molecule has 1 rings (SSSR count). The van der Waals surface area contributed by atoms with Gasteiger partial charge in [0.25, 0.3) is 5.91 Å². The molecular formula is C14H22N2O3. The van der Waals surface area contributed by atoms with Gasteiger partial charge in [-0.2, -0.15) is 0 Å². The predicted molar refractivity (Wildman–Crippen MR) is 74.4 cm³/mol. The minimum absolute atomic E-state index is 0.000924. The summed E-state index contributed by atoms with van der Waals surface area (Å²) in [4.78, 5) is 12.1. The first-order chi connectivity index (χ1) is 8.99. The zero-order valence-electron chi connectivity index (χ0n) is 11.6. The first-order valence-corrected chi connectivity index (χ1v) is 6.37. The Bertz CT molecular complexity index is 433. The molecule has 0 saturated carbocycles. The van der Waals surface area contributed by atoms with Gasteiger partial charge in [-0.15, -0.1) is 0 Å². The van der Waals surface area contributed by atoms with E-state index in [0.717, 1.165) is 0 Å². The summed E-state index contributed by atoms with van der Waals surface area (Å²) < 4.78 is 4.98. The Morgan fingerprint density at radius 2 is 2.16 bits per heavy atom. The number of ether oxygens (including phenoxy) is 1. The number of amides is 1. The number of phenolic OH excluding ortho intramolecular Hbond substituents is 1. The Kier molecular flexibility index (Phi) is 5.63. The Balaban J connectivity index is 2.82. The van der Waals surface area contributed by atoms with Crippen LogP contribution >= 0.6 is 0 Å². The smallest absolute Gasteiger partial charge is 0.255 e. The van der Waals surface area contributed by atoms with Gasteiger partial charge in [-0.25, -0.2) is 0 Å². The van der Waals surface area contributed by atoms with Gasteiger partial charge in [-0.3, -0.25) is 4.79 Å². The fraction of sp³-hybridized carbons (Fsp3) is 0.500. The van der Waals surface area contributed by atoms with Crippen molar-refractivity contribution in [2.45, 2.75) is 26.3 Å². The van der Waals surface area contributed by atoms with Gasteiger partial charge >= 0.3 is 0 Å². The van der Waals surface area contributed by atoms with Crippen LogP contribution in [0.5, 0.6) is 11.5 Å². The number of hydrogen-bond acceptors (Lipinski definition) is 4. The molecule has 106 valence electrons. The molecule has 0 aromatic heterocycles. The maximum Gasteiger partial charge on any atom is 0.255 e. The fourth-order valence-corrected chi connectivity index (χ4v) is 1.83. The molecule has 0 radical (unpaired) electrons. The number of rotatable bonds is 6. The van der Waals surface area contributed by atoms with Crippen molar-refractivity contribution in [2.75, 3.05) is 13.7 Å². The lowest BCUT2D eigenvalue weighted by molar-refractivity contribution is 0.0921. The van der Waals surface area contributed by atoms with Crippen LogP contribution in [-0.2, 0) is 0 Å². The van der Waals surface area contributed by atoms with Crippen LogP contribution in [0.3, 0.4) is 0 Å². The first kappa shape index (κ1) is 15.3. The summed E-state index contributed by atoms with van der Waals surface area (Å²) in [5.41, 5.74) is 5.77. The van der Waals surface area contributed by atoms with Crippen LogP contribution in [0.2, 0.25) is 0 Å². The molecule has 0 aliphatic rings. The number of phenols is 1. The van der Waals surface area contributed by atoms with E-state index in [1.807, 2.05) is 13.8 Å². The predicted octanol–water partition coefficient (Wildman–Crippen LogP) is 1.50. The molecule has 0 fully saturated rings. The molecule has 19 heavy (non-hydrogen) atoms. The summed E-state index contributed by atoms with van der Waals surface area (Å²) in [6, 6.07) is 4.60. The highest BCUT2D eigenvalue weighted by Gasteiger charge is 2.18. The van der Waals surface area contributed by atoms with Crippen LogP contribution in [0, 0.1) is 5.92 Å². The lowest BCUT2D eigenvalue weighted by atomic mass is 10.0. The van der Waals surface area contributed by atoms with Gasteiger partial charge in [0.15, 0.2) is 0 Å². The van der Waals surface area contributed by atoms with E-state index in [4.69, 9.17) is 10.5 Å². The van der Waals surface area contributed by atoms with Crippen molar-refractivity contribution in [3.05, 3.63) is 23.8 Å². The second kappa shape index (κ2) is 6.99. The van der Waals surface area contributed by atoms with Crippen molar-refractivity contribution in [1.29, 1.82) is 0 Å². The fourth-order valence-electron chi connectivity index (χ4n) is 1.83. The lowest BCUT2D eigenvalue weighted by Crippen LogP contribution is -2.39. The van der Waals surface area contributed by atoms with E-state index in [-0.39, 0.29) is 29.2 Å². The van der Waals surface area contributed by atoms with Crippen molar-refractivity contribution >= 4 is 5.91 Å². The van der Waals surface area contributed by atoms with Crippen LogP contribution in [0.15, 0.2) is 18.2 Å². The van der Waals surface area contributed by atoms with Gasteiger partial charge in [0.05, 0.1) is 12.7 Å². The largest absolute Gasteiger partial charge is 0.507 e. The van der Waals surface area contributed by atoms with E-state index in [9.17, 15) is 9.90 Å². The number of aromatic hydroxyl groups is 1. The number of carbonyl (C=O) groups excluding carboxylic acids is 1. The van der Waals surface area contributed by atoms with Crippen LogP contribution in [-0.4, -0.2) is 30.7 Å². The molecule has 1 aromatic carbocycles. The van der Waals surface area contributed by atoms with E-state index in [2.05, 4.69) is 5.32 Å². The van der Waals surface area contributed by atoms with Crippen LogP contribution < -0.4 is 15.8 Å². The van der Waals surface area contributed by atoms with Crippen molar-refractivity contribution in [3.8, 4) is 11.5 Å². The maximum absolute atomic E-state index is 12.1. The van der Waals surface area contributed by atoms with Crippen LogP contribution in [0.4, 0.5) is 0 Å². The monoisotopic (exact) mass is 266 g/mol. The topological polar surface area (TPSA) is 84.6 Å². The van der Waals surface area contributed by atoms with Crippen molar-refractivity contribution in [3.63, 3.8) is 0 Å². The second-order valence-electron chi connectivity index (χ2n) is 4.78. The Hall–Kier alpha value is -1.75. The minimum atomic E-state index is -0.299. The van der Waals surface area contributed by atoms with Crippen molar-refractivity contribution in [2.24, 2.45) is 11.7 Å². The molecule has 4 N–H and O–H groups in total. The van der Waals surface area contributed by atoms with Gasteiger partial charge in [-0.05, 0) is 31.0 Å². The molecular weight excluding hydrogens is 244 g/mol. The average Bonchev–Trinajstić information content (AvgIpc) is 2.37. The maximum atomic E-state index is 12.1. The normalized spacial score (nSPS) is 12.3. The number of carbonyl (C=O) groups is 1. The minimum Gasteiger partial charge on any atom is -0.507 e.